The molecule has 1 aromatic heterocycles. The van der Waals surface area contributed by atoms with Crippen LogP contribution >= 0.6 is 0 Å². The van der Waals surface area contributed by atoms with Crippen LogP contribution in [0.4, 0.5) is 0 Å². The fourth-order valence-electron chi connectivity index (χ4n) is 2.46. The monoisotopic (exact) mass is 293 g/mol. The van der Waals surface area contributed by atoms with Gasteiger partial charge in [-0.3, -0.25) is 0 Å². The van der Waals surface area contributed by atoms with Gasteiger partial charge in [0.25, 0.3) is 6.33 Å². The second-order valence-electron chi connectivity index (χ2n) is 5.48. The van der Waals surface area contributed by atoms with Crippen LogP contribution in [0.1, 0.15) is 22.5 Å². The largest absolute Gasteiger partial charge is 0.331 e. The lowest BCUT2D eigenvalue weighted by molar-refractivity contribution is -0.899. The Hall–Kier alpha value is -2.55. The molecule has 1 heterocycles. The summed E-state index contributed by atoms with van der Waals surface area (Å²) in [5.41, 5.74) is 4.81. The molecule has 0 unspecified atom stereocenters. The number of hydrogen-bond acceptors (Lipinski definition) is 1. The second-order valence-corrected chi connectivity index (χ2v) is 5.48. The molecule has 3 aromatic rings. The lowest BCUT2D eigenvalue weighted by atomic mass is 10.2. The Kier molecular flexibility index (Phi) is 4.24. The average Bonchev–Trinajstić information content (AvgIpc) is 2.83. The van der Waals surface area contributed by atoms with E-state index >= 15 is 0 Å². The van der Waals surface area contributed by atoms with Gasteiger partial charge in [0.15, 0.2) is 12.3 Å². The summed E-state index contributed by atoms with van der Waals surface area (Å²) in [6.07, 6.45) is 2.03. The highest BCUT2D eigenvalue weighted by Crippen LogP contribution is 2.08. The van der Waals surface area contributed by atoms with Crippen LogP contribution in [0.2, 0.25) is 0 Å². The van der Waals surface area contributed by atoms with Crippen molar-refractivity contribution in [2.24, 2.45) is 0 Å². The van der Waals surface area contributed by atoms with Crippen LogP contribution in [0.3, 0.4) is 0 Å². The maximum Gasteiger partial charge on any atom is 0.285 e. The molecular formula is C19H21N2O+. The zero-order valence-corrected chi connectivity index (χ0v) is 13.1. The van der Waals surface area contributed by atoms with Crippen LogP contribution in [0.5, 0.6) is 0 Å². The third-order valence-corrected chi connectivity index (χ3v) is 3.94. The van der Waals surface area contributed by atoms with E-state index in [1.165, 1.54) is 16.8 Å². The fraction of sp³-hybridized carbons (Fsp3) is 0.211. The summed E-state index contributed by atoms with van der Waals surface area (Å²) in [5.74, 6) is 0. The van der Waals surface area contributed by atoms with Gasteiger partial charge >= 0.3 is 0 Å². The summed E-state index contributed by atoms with van der Waals surface area (Å²) < 4.78 is 4.08. The van der Waals surface area contributed by atoms with Crippen LogP contribution in [-0.2, 0) is 13.2 Å². The van der Waals surface area contributed by atoms with Crippen molar-refractivity contribution < 1.29 is 9.57 Å². The van der Waals surface area contributed by atoms with Gasteiger partial charge in [0.2, 0.25) is 0 Å². The molecule has 0 saturated heterocycles. The molecule has 3 heteroatoms. The summed E-state index contributed by atoms with van der Waals surface area (Å²) >= 11 is 0. The number of imidazole rings is 1. The first-order valence-corrected chi connectivity index (χ1v) is 7.53. The Morgan fingerprint density at radius 1 is 0.864 bits per heavy atom. The van der Waals surface area contributed by atoms with Gasteiger partial charge in [0.05, 0.1) is 0 Å². The predicted molar refractivity (Wildman–Crippen MR) is 86.4 cm³/mol. The summed E-state index contributed by atoms with van der Waals surface area (Å²) in [7, 11) is 0. The van der Waals surface area contributed by atoms with E-state index in [1.807, 2.05) is 35.3 Å². The zero-order chi connectivity index (χ0) is 15.4. The van der Waals surface area contributed by atoms with Gasteiger partial charge in [-0.05, 0) is 15.9 Å². The Morgan fingerprint density at radius 2 is 1.45 bits per heavy atom. The highest BCUT2D eigenvalue weighted by molar-refractivity contribution is 5.16. The predicted octanol–water partition coefficient (Wildman–Crippen LogP) is 3.07. The number of nitrogens with zero attached hydrogens (tertiary/aromatic N) is 2. The maximum atomic E-state index is 5.92. The van der Waals surface area contributed by atoms with E-state index in [9.17, 15) is 0 Å². The van der Waals surface area contributed by atoms with Crippen LogP contribution in [-0.4, -0.2) is 4.57 Å². The second kappa shape index (κ2) is 6.48. The number of hydrogen-bond donors (Lipinski definition) is 0. The van der Waals surface area contributed by atoms with Crippen molar-refractivity contribution in [2.45, 2.75) is 27.0 Å². The van der Waals surface area contributed by atoms with E-state index in [0.29, 0.717) is 6.61 Å². The molecule has 0 aliphatic carbocycles. The lowest BCUT2D eigenvalue weighted by Crippen LogP contribution is -2.43. The molecule has 0 aliphatic heterocycles. The van der Waals surface area contributed by atoms with Crippen molar-refractivity contribution in [1.29, 1.82) is 0 Å². The zero-order valence-electron chi connectivity index (χ0n) is 13.1. The van der Waals surface area contributed by atoms with Crippen molar-refractivity contribution in [1.82, 2.24) is 4.57 Å². The molecular weight excluding hydrogens is 272 g/mol. The van der Waals surface area contributed by atoms with E-state index in [4.69, 9.17) is 4.84 Å². The minimum atomic E-state index is 0.571. The van der Waals surface area contributed by atoms with Gasteiger partial charge in [-0.1, -0.05) is 60.7 Å². The van der Waals surface area contributed by atoms with Crippen molar-refractivity contribution in [2.75, 3.05) is 0 Å². The SMILES string of the molecule is Cc1c(C)[n+](OCc2ccccc2)cn1Cc1ccccc1. The molecule has 0 saturated carbocycles. The van der Waals surface area contributed by atoms with Crippen molar-refractivity contribution in [3.05, 3.63) is 89.5 Å². The van der Waals surface area contributed by atoms with Gasteiger partial charge in [-0.25, -0.2) is 4.57 Å². The van der Waals surface area contributed by atoms with Gasteiger partial charge in [0, 0.05) is 13.8 Å². The normalized spacial score (nSPS) is 10.6. The fourth-order valence-corrected chi connectivity index (χ4v) is 2.46. The Balaban J connectivity index is 1.74. The van der Waals surface area contributed by atoms with E-state index < -0.39 is 0 Å². The number of benzene rings is 2. The van der Waals surface area contributed by atoms with Gasteiger partial charge in [0.1, 0.15) is 12.2 Å². The third-order valence-electron chi connectivity index (χ3n) is 3.94. The van der Waals surface area contributed by atoms with E-state index in [1.54, 1.807) is 0 Å². The molecule has 0 aliphatic rings. The Bertz CT molecular complexity index is 733. The van der Waals surface area contributed by atoms with Gasteiger partial charge in [-0.15, -0.1) is 0 Å². The standard InChI is InChI=1S/C19H21N2O/c1-16-17(2)21(22-14-19-11-7-4-8-12-19)15-20(16)13-18-9-5-3-6-10-18/h3-12,15H,13-14H2,1-2H3/q+1. The highest BCUT2D eigenvalue weighted by Gasteiger charge is 2.17. The molecule has 3 rings (SSSR count). The molecule has 22 heavy (non-hydrogen) atoms. The number of rotatable bonds is 5. The van der Waals surface area contributed by atoms with Crippen LogP contribution < -0.4 is 9.57 Å². The highest BCUT2D eigenvalue weighted by atomic mass is 16.7. The third kappa shape index (κ3) is 3.19. The lowest BCUT2D eigenvalue weighted by Gasteiger charge is -2.01. The Labute approximate surface area is 131 Å². The van der Waals surface area contributed by atoms with Crippen molar-refractivity contribution in [3.63, 3.8) is 0 Å². The minimum absolute atomic E-state index is 0.571. The average molecular weight is 293 g/mol. The minimum Gasteiger partial charge on any atom is -0.331 e. The van der Waals surface area contributed by atoms with E-state index in [2.05, 4.69) is 54.8 Å². The molecule has 3 nitrogen and oxygen atoms in total. The van der Waals surface area contributed by atoms with Gasteiger partial charge in [-0.2, -0.15) is 0 Å². The molecule has 0 amide bonds. The Morgan fingerprint density at radius 3 is 2.09 bits per heavy atom. The molecule has 0 N–H and O–H groups in total. The first-order valence-electron chi connectivity index (χ1n) is 7.53. The summed E-state index contributed by atoms with van der Waals surface area (Å²) in [6, 6.07) is 20.7. The van der Waals surface area contributed by atoms with Crippen LogP contribution in [0.25, 0.3) is 0 Å². The maximum absolute atomic E-state index is 5.92. The summed E-state index contributed by atoms with van der Waals surface area (Å²) in [5, 5.41) is 0. The van der Waals surface area contributed by atoms with Crippen molar-refractivity contribution >= 4 is 0 Å². The van der Waals surface area contributed by atoms with E-state index in [-0.39, 0.29) is 0 Å². The van der Waals surface area contributed by atoms with Crippen molar-refractivity contribution in [3.8, 4) is 0 Å². The summed E-state index contributed by atoms with van der Waals surface area (Å²) in [4.78, 5) is 5.92. The summed E-state index contributed by atoms with van der Waals surface area (Å²) in [6.45, 7) is 5.64. The molecule has 0 radical (unpaired) electrons. The van der Waals surface area contributed by atoms with E-state index in [0.717, 1.165) is 12.2 Å². The molecule has 0 fully saturated rings. The molecule has 112 valence electrons. The first-order chi connectivity index (χ1) is 10.7. The smallest absolute Gasteiger partial charge is 0.285 e. The first kappa shape index (κ1) is 14.4. The molecule has 0 atom stereocenters. The van der Waals surface area contributed by atoms with Crippen LogP contribution in [0, 0.1) is 13.8 Å². The number of aromatic nitrogens is 2. The molecule has 2 aromatic carbocycles. The van der Waals surface area contributed by atoms with Gasteiger partial charge < -0.3 is 4.84 Å². The van der Waals surface area contributed by atoms with Crippen LogP contribution in [0.15, 0.2) is 67.0 Å². The topological polar surface area (TPSA) is 18.0 Å². The molecule has 0 spiro atoms. The molecule has 0 bridgehead atoms. The quantitative estimate of drug-likeness (QED) is 0.661.